The highest BCUT2D eigenvalue weighted by Crippen LogP contribution is 2.38. The second-order valence-corrected chi connectivity index (χ2v) is 7.05. The molecule has 2 heterocycles. The van der Waals surface area contributed by atoms with Gasteiger partial charge in [-0.25, -0.2) is 4.98 Å². The molecular formula is C17H20N4OS. The molecular weight excluding hydrogens is 308 g/mol. The van der Waals surface area contributed by atoms with E-state index < -0.39 is 0 Å². The van der Waals surface area contributed by atoms with Crippen molar-refractivity contribution in [3.63, 3.8) is 0 Å². The Morgan fingerprint density at radius 1 is 1.61 bits per heavy atom. The van der Waals surface area contributed by atoms with Gasteiger partial charge in [0.15, 0.2) is 0 Å². The highest BCUT2D eigenvalue weighted by molar-refractivity contribution is 7.11. The number of carbonyl (C=O) groups is 1. The van der Waals surface area contributed by atoms with Crippen molar-refractivity contribution in [2.24, 2.45) is 7.05 Å². The third-order valence-electron chi connectivity index (χ3n) is 4.41. The lowest BCUT2D eigenvalue weighted by atomic mass is 9.97. The number of aryl methyl sites for hydroxylation is 3. The van der Waals surface area contributed by atoms with E-state index in [0.29, 0.717) is 11.3 Å². The molecule has 0 saturated carbocycles. The van der Waals surface area contributed by atoms with Gasteiger partial charge < -0.3 is 9.47 Å². The Hall–Kier alpha value is -2.13. The Labute approximate surface area is 140 Å². The highest BCUT2D eigenvalue weighted by Gasteiger charge is 2.31. The molecule has 0 fully saturated rings. The van der Waals surface area contributed by atoms with Crippen LogP contribution in [0.25, 0.3) is 0 Å². The van der Waals surface area contributed by atoms with Crippen molar-refractivity contribution in [1.82, 2.24) is 14.5 Å². The summed E-state index contributed by atoms with van der Waals surface area (Å²) in [5, 5.41) is 10.2. The molecule has 0 N–H and O–H groups in total. The van der Waals surface area contributed by atoms with Gasteiger partial charge in [-0.2, -0.15) is 5.26 Å². The molecule has 23 heavy (non-hydrogen) atoms. The number of hydrogen-bond acceptors (Lipinski definition) is 4. The molecule has 0 aliphatic heterocycles. The van der Waals surface area contributed by atoms with Crippen molar-refractivity contribution in [3.8, 4) is 6.07 Å². The normalized spacial score (nSPS) is 16.7. The summed E-state index contributed by atoms with van der Waals surface area (Å²) < 4.78 is 1.73. The average Bonchev–Trinajstić information content (AvgIpc) is 3.15. The zero-order chi connectivity index (χ0) is 16.6. The summed E-state index contributed by atoms with van der Waals surface area (Å²) in [4.78, 5) is 20.6. The molecule has 6 heteroatoms. The highest BCUT2D eigenvalue weighted by atomic mass is 32.1. The van der Waals surface area contributed by atoms with Crippen LogP contribution in [0, 0.1) is 11.3 Å². The number of carbonyl (C=O) groups excluding carboxylic acids is 1. The first-order valence-corrected chi connectivity index (χ1v) is 8.68. The molecule has 120 valence electrons. The van der Waals surface area contributed by atoms with Gasteiger partial charge in [0, 0.05) is 20.3 Å². The number of thiazole rings is 1. The van der Waals surface area contributed by atoms with E-state index in [1.54, 1.807) is 35.2 Å². The molecule has 2 aromatic rings. The van der Waals surface area contributed by atoms with Gasteiger partial charge in [-0.05, 0) is 31.7 Å². The van der Waals surface area contributed by atoms with Gasteiger partial charge in [0.05, 0.1) is 27.2 Å². The van der Waals surface area contributed by atoms with Crippen molar-refractivity contribution >= 4 is 17.2 Å². The Kier molecular flexibility index (Phi) is 4.22. The Morgan fingerprint density at radius 3 is 3.04 bits per heavy atom. The molecule has 0 bridgehead atoms. The number of nitrogens with zero attached hydrogens (tertiary/aromatic N) is 4. The van der Waals surface area contributed by atoms with Gasteiger partial charge in [0.1, 0.15) is 11.8 Å². The molecule has 0 aromatic carbocycles. The predicted octanol–water partition coefficient (Wildman–Crippen LogP) is 3.07. The van der Waals surface area contributed by atoms with Crippen LogP contribution in [-0.2, 0) is 19.9 Å². The van der Waals surface area contributed by atoms with Crippen molar-refractivity contribution in [3.05, 3.63) is 39.1 Å². The van der Waals surface area contributed by atoms with E-state index in [2.05, 4.69) is 13.0 Å². The van der Waals surface area contributed by atoms with Crippen molar-refractivity contribution < 1.29 is 4.79 Å². The van der Waals surface area contributed by atoms with E-state index in [9.17, 15) is 4.79 Å². The van der Waals surface area contributed by atoms with Crippen LogP contribution in [0.1, 0.15) is 57.4 Å². The summed E-state index contributed by atoms with van der Waals surface area (Å²) in [7, 11) is 3.66. The van der Waals surface area contributed by atoms with E-state index in [4.69, 9.17) is 10.2 Å². The third kappa shape index (κ3) is 2.77. The van der Waals surface area contributed by atoms with Crippen LogP contribution < -0.4 is 0 Å². The summed E-state index contributed by atoms with van der Waals surface area (Å²) in [6.07, 6.45) is 5.66. The van der Waals surface area contributed by atoms with Crippen LogP contribution >= 0.6 is 11.3 Å². The van der Waals surface area contributed by atoms with E-state index in [1.807, 2.05) is 11.9 Å². The maximum Gasteiger partial charge on any atom is 0.270 e. The van der Waals surface area contributed by atoms with Crippen molar-refractivity contribution in [1.29, 1.82) is 5.26 Å². The lowest BCUT2D eigenvalue weighted by molar-refractivity contribution is 0.0708. The van der Waals surface area contributed by atoms with Gasteiger partial charge in [0.25, 0.3) is 5.91 Å². The lowest BCUT2D eigenvalue weighted by Gasteiger charge is -2.30. The minimum atomic E-state index is -0.0432. The summed E-state index contributed by atoms with van der Waals surface area (Å²) in [5.41, 5.74) is 2.23. The Balaban J connectivity index is 1.90. The molecule has 1 atom stereocenters. The number of nitriles is 1. The Morgan fingerprint density at radius 2 is 2.39 bits per heavy atom. The van der Waals surface area contributed by atoms with Crippen LogP contribution in [-0.4, -0.2) is 27.4 Å². The van der Waals surface area contributed by atoms with Gasteiger partial charge >= 0.3 is 0 Å². The summed E-state index contributed by atoms with van der Waals surface area (Å²) in [6.45, 7) is 2.11. The van der Waals surface area contributed by atoms with Crippen LogP contribution in [0.15, 0.2) is 12.3 Å². The smallest absolute Gasteiger partial charge is 0.270 e. The number of amides is 1. The second-order valence-electron chi connectivity index (χ2n) is 5.93. The van der Waals surface area contributed by atoms with Crippen molar-refractivity contribution in [2.75, 3.05) is 7.05 Å². The predicted molar refractivity (Wildman–Crippen MR) is 89.4 cm³/mol. The zero-order valence-corrected chi connectivity index (χ0v) is 14.5. The van der Waals surface area contributed by atoms with Gasteiger partial charge in [-0.3, -0.25) is 4.79 Å². The molecule has 0 unspecified atom stereocenters. The van der Waals surface area contributed by atoms with E-state index in [1.165, 1.54) is 4.88 Å². The fourth-order valence-corrected chi connectivity index (χ4v) is 4.36. The summed E-state index contributed by atoms with van der Waals surface area (Å²) >= 11 is 1.73. The molecule has 2 aromatic heterocycles. The van der Waals surface area contributed by atoms with E-state index >= 15 is 0 Å². The first-order chi connectivity index (χ1) is 11.0. The van der Waals surface area contributed by atoms with Crippen LogP contribution in [0.3, 0.4) is 0 Å². The maximum atomic E-state index is 12.9. The van der Waals surface area contributed by atoms with E-state index in [-0.39, 0.29) is 11.9 Å². The minimum absolute atomic E-state index is 0.0432. The molecule has 1 aliphatic carbocycles. The molecule has 0 spiro atoms. The maximum absolute atomic E-state index is 12.9. The standard InChI is InChI=1S/C17H20N4OS/c1-4-15-19-12-6-5-7-13(16(12)23-15)21(3)17(22)14-8-11(9-18)10-20(14)2/h8,10,13H,4-7H2,1-3H3/t13-/m0/s1. The molecule has 0 radical (unpaired) electrons. The molecule has 5 nitrogen and oxygen atoms in total. The zero-order valence-electron chi connectivity index (χ0n) is 13.7. The largest absolute Gasteiger partial charge is 0.345 e. The number of fused-ring (bicyclic) bond motifs is 1. The number of rotatable bonds is 3. The second kappa shape index (κ2) is 6.17. The number of hydrogen-bond donors (Lipinski definition) is 0. The average molecular weight is 328 g/mol. The quantitative estimate of drug-likeness (QED) is 0.870. The number of aromatic nitrogens is 2. The molecule has 1 amide bonds. The van der Waals surface area contributed by atoms with Gasteiger partial charge in [-0.15, -0.1) is 11.3 Å². The molecule has 0 saturated heterocycles. The fourth-order valence-electron chi connectivity index (χ4n) is 3.13. The Bertz CT molecular complexity index is 783. The first-order valence-electron chi connectivity index (χ1n) is 7.87. The monoisotopic (exact) mass is 328 g/mol. The van der Waals surface area contributed by atoms with Crippen LogP contribution in [0.5, 0.6) is 0 Å². The molecule has 1 aliphatic rings. The topological polar surface area (TPSA) is 61.9 Å². The minimum Gasteiger partial charge on any atom is -0.345 e. The fraction of sp³-hybridized carbons (Fsp3) is 0.471. The SMILES string of the molecule is CCc1nc2c(s1)[C@@H](N(C)C(=O)c1cc(C#N)cn1C)CCC2. The van der Waals surface area contributed by atoms with E-state index in [0.717, 1.165) is 36.4 Å². The third-order valence-corrected chi connectivity index (χ3v) is 5.75. The summed E-state index contributed by atoms with van der Waals surface area (Å²) in [6, 6.07) is 3.84. The van der Waals surface area contributed by atoms with Crippen LogP contribution in [0.2, 0.25) is 0 Å². The van der Waals surface area contributed by atoms with Gasteiger partial charge in [-0.1, -0.05) is 6.92 Å². The van der Waals surface area contributed by atoms with Crippen LogP contribution in [0.4, 0.5) is 0 Å². The lowest BCUT2D eigenvalue weighted by Crippen LogP contribution is -2.33. The van der Waals surface area contributed by atoms with Crippen molar-refractivity contribution in [2.45, 2.75) is 38.6 Å². The first kappa shape index (κ1) is 15.8. The molecule has 3 rings (SSSR count). The van der Waals surface area contributed by atoms with Gasteiger partial charge in [0.2, 0.25) is 0 Å². The summed E-state index contributed by atoms with van der Waals surface area (Å²) in [5.74, 6) is -0.0432.